The van der Waals surface area contributed by atoms with Gasteiger partial charge in [0, 0.05) is 11.8 Å². The number of nitrogens with zero attached hydrogens (tertiary/aromatic N) is 4. The molecule has 0 aliphatic carbocycles. The molecule has 2 heterocycles. The Balaban J connectivity index is 2.69. The number of fused-ring (bicyclic) bond motifs is 1. The summed E-state index contributed by atoms with van der Waals surface area (Å²) in [5.41, 5.74) is 0.816. The van der Waals surface area contributed by atoms with Crippen LogP contribution in [0.3, 0.4) is 0 Å². The fourth-order valence-electron chi connectivity index (χ4n) is 2.76. The molecular weight excluding hydrogens is 268 g/mol. The molecular formula is C15H22N4O2. The van der Waals surface area contributed by atoms with E-state index in [0.29, 0.717) is 30.9 Å². The Labute approximate surface area is 124 Å². The highest BCUT2D eigenvalue weighted by atomic mass is 16.5. The van der Waals surface area contributed by atoms with Gasteiger partial charge in [0.1, 0.15) is 11.2 Å². The summed E-state index contributed by atoms with van der Waals surface area (Å²) in [7, 11) is 0. The van der Waals surface area contributed by atoms with E-state index in [1.807, 2.05) is 45.1 Å². The maximum atomic E-state index is 12.5. The molecule has 0 N–H and O–H groups in total. The molecule has 0 fully saturated rings. The van der Waals surface area contributed by atoms with Crippen molar-refractivity contribution >= 4 is 11.6 Å². The molecule has 114 valence electrons. The number of hydrogen-bond donors (Lipinski definition) is 0. The monoisotopic (exact) mass is 290 g/mol. The Bertz CT molecular complexity index is 659. The standard InChI is InChI=1S/C15H22N4O2/c1-6-15(7-2,14(20)21-8-3)13-18-17-12-9-10(4)16-11(5)19(12)13/h9H,6-8H2,1-5H3. The van der Waals surface area contributed by atoms with Crippen molar-refractivity contribution in [3.63, 3.8) is 0 Å². The third kappa shape index (κ3) is 2.39. The average Bonchev–Trinajstić information content (AvgIpc) is 2.86. The van der Waals surface area contributed by atoms with Crippen molar-refractivity contribution in [3.05, 3.63) is 23.4 Å². The van der Waals surface area contributed by atoms with Gasteiger partial charge in [0.2, 0.25) is 0 Å². The number of carbonyl (C=O) groups excluding carboxylic acids is 1. The predicted molar refractivity (Wildman–Crippen MR) is 79.1 cm³/mol. The summed E-state index contributed by atoms with van der Waals surface area (Å²) in [4.78, 5) is 17.0. The third-order valence-corrected chi connectivity index (χ3v) is 3.99. The van der Waals surface area contributed by atoms with Crippen LogP contribution in [0, 0.1) is 13.8 Å². The van der Waals surface area contributed by atoms with Crippen LogP contribution in [0.15, 0.2) is 6.07 Å². The highest BCUT2D eigenvalue weighted by Gasteiger charge is 2.43. The molecule has 21 heavy (non-hydrogen) atoms. The van der Waals surface area contributed by atoms with Crippen molar-refractivity contribution < 1.29 is 9.53 Å². The number of ether oxygens (including phenoxy) is 1. The third-order valence-electron chi connectivity index (χ3n) is 3.99. The van der Waals surface area contributed by atoms with Crippen molar-refractivity contribution in [2.75, 3.05) is 6.61 Å². The van der Waals surface area contributed by atoms with Crippen molar-refractivity contribution in [3.8, 4) is 0 Å². The quantitative estimate of drug-likeness (QED) is 0.791. The Morgan fingerprint density at radius 2 is 1.90 bits per heavy atom. The smallest absolute Gasteiger partial charge is 0.319 e. The topological polar surface area (TPSA) is 69.4 Å². The van der Waals surface area contributed by atoms with Gasteiger partial charge in [0.15, 0.2) is 11.5 Å². The maximum absolute atomic E-state index is 12.5. The van der Waals surface area contributed by atoms with Crippen molar-refractivity contribution in [1.82, 2.24) is 19.6 Å². The van der Waals surface area contributed by atoms with Crippen LogP contribution >= 0.6 is 0 Å². The highest BCUT2D eigenvalue weighted by molar-refractivity contribution is 5.82. The molecule has 0 amide bonds. The zero-order chi connectivity index (χ0) is 15.6. The Morgan fingerprint density at radius 3 is 2.48 bits per heavy atom. The first-order valence-electron chi connectivity index (χ1n) is 7.37. The summed E-state index contributed by atoms with van der Waals surface area (Å²) < 4.78 is 7.14. The molecule has 2 aromatic rings. The summed E-state index contributed by atoms with van der Waals surface area (Å²) >= 11 is 0. The largest absolute Gasteiger partial charge is 0.465 e. The maximum Gasteiger partial charge on any atom is 0.319 e. The molecule has 0 aliphatic heterocycles. The number of carbonyl (C=O) groups is 1. The first kappa shape index (κ1) is 15.4. The fourth-order valence-corrected chi connectivity index (χ4v) is 2.76. The van der Waals surface area contributed by atoms with E-state index in [-0.39, 0.29) is 5.97 Å². The van der Waals surface area contributed by atoms with Gasteiger partial charge in [0.05, 0.1) is 6.61 Å². The van der Waals surface area contributed by atoms with Gasteiger partial charge in [-0.15, -0.1) is 10.2 Å². The minimum absolute atomic E-state index is 0.246. The van der Waals surface area contributed by atoms with Gasteiger partial charge in [-0.25, -0.2) is 4.98 Å². The Kier molecular flexibility index (Phi) is 4.25. The average molecular weight is 290 g/mol. The zero-order valence-electron chi connectivity index (χ0n) is 13.3. The van der Waals surface area contributed by atoms with E-state index < -0.39 is 5.41 Å². The molecule has 0 aromatic carbocycles. The van der Waals surface area contributed by atoms with Gasteiger partial charge >= 0.3 is 5.97 Å². The molecule has 0 atom stereocenters. The van der Waals surface area contributed by atoms with Crippen LogP contribution in [0.5, 0.6) is 0 Å². The number of hydrogen-bond acceptors (Lipinski definition) is 5. The van der Waals surface area contributed by atoms with E-state index in [1.165, 1.54) is 0 Å². The second-order valence-corrected chi connectivity index (χ2v) is 5.17. The molecule has 0 aliphatic rings. The summed E-state index contributed by atoms with van der Waals surface area (Å²) in [6, 6.07) is 1.87. The second kappa shape index (κ2) is 5.79. The van der Waals surface area contributed by atoms with E-state index in [2.05, 4.69) is 15.2 Å². The molecule has 0 saturated heterocycles. The van der Waals surface area contributed by atoms with Gasteiger partial charge in [0.25, 0.3) is 0 Å². The minimum Gasteiger partial charge on any atom is -0.465 e. The molecule has 0 radical (unpaired) electrons. The molecule has 6 heteroatoms. The lowest BCUT2D eigenvalue weighted by Gasteiger charge is -2.27. The Hall–Kier alpha value is -1.98. The lowest BCUT2D eigenvalue weighted by atomic mass is 9.81. The van der Waals surface area contributed by atoms with E-state index in [4.69, 9.17) is 4.74 Å². The van der Waals surface area contributed by atoms with E-state index in [1.54, 1.807) is 0 Å². The van der Waals surface area contributed by atoms with Crippen LogP contribution in [-0.2, 0) is 14.9 Å². The number of aryl methyl sites for hydroxylation is 2. The van der Waals surface area contributed by atoms with E-state index in [9.17, 15) is 4.79 Å². The van der Waals surface area contributed by atoms with Crippen LogP contribution in [0.4, 0.5) is 0 Å². The van der Waals surface area contributed by atoms with Crippen LogP contribution in [0.25, 0.3) is 5.65 Å². The van der Waals surface area contributed by atoms with Gasteiger partial charge in [-0.05, 0) is 33.6 Å². The molecule has 6 nitrogen and oxygen atoms in total. The van der Waals surface area contributed by atoms with Crippen LogP contribution in [0.1, 0.15) is 51.0 Å². The van der Waals surface area contributed by atoms with Crippen LogP contribution < -0.4 is 0 Å². The predicted octanol–water partition coefficient (Wildman–Crippen LogP) is 2.36. The fraction of sp³-hybridized carbons (Fsp3) is 0.600. The second-order valence-electron chi connectivity index (χ2n) is 5.17. The number of esters is 1. The first-order valence-corrected chi connectivity index (χ1v) is 7.37. The minimum atomic E-state index is -0.781. The zero-order valence-corrected chi connectivity index (χ0v) is 13.3. The Morgan fingerprint density at radius 1 is 1.24 bits per heavy atom. The summed E-state index contributed by atoms with van der Waals surface area (Å²) in [5, 5.41) is 8.50. The van der Waals surface area contributed by atoms with Crippen LogP contribution in [-0.4, -0.2) is 32.2 Å². The van der Waals surface area contributed by atoms with E-state index in [0.717, 1.165) is 11.5 Å². The molecule has 2 rings (SSSR count). The van der Waals surface area contributed by atoms with Gasteiger partial charge in [-0.1, -0.05) is 13.8 Å². The number of rotatable bonds is 5. The van der Waals surface area contributed by atoms with Gasteiger partial charge < -0.3 is 4.74 Å². The van der Waals surface area contributed by atoms with Crippen molar-refractivity contribution in [2.24, 2.45) is 0 Å². The SMILES string of the molecule is CCOC(=O)C(CC)(CC)c1nnc2cc(C)nc(C)n12. The van der Waals surface area contributed by atoms with Gasteiger partial charge in [-0.3, -0.25) is 9.20 Å². The summed E-state index contributed by atoms with van der Waals surface area (Å²) in [6.45, 7) is 9.92. The van der Waals surface area contributed by atoms with Gasteiger partial charge in [-0.2, -0.15) is 0 Å². The molecule has 0 spiro atoms. The lowest BCUT2D eigenvalue weighted by molar-refractivity contribution is -0.151. The molecule has 2 aromatic heterocycles. The van der Waals surface area contributed by atoms with Crippen molar-refractivity contribution in [1.29, 1.82) is 0 Å². The lowest BCUT2D eigenvalue weighted by Crippen LogP contribution is -2.38. The number of aromatic nitrogens is 4. The summed E-state index contributed by atoms with van der Waals surface area (Å²) in [6.07, 6.45) is 1.22. The van der Waals surface area contributed by atoms with Crippen LogP contribution in [0.2, 0.25) is 0 Å². The normalized spacial score (nSPS) is 11.9. The first-order chi connectivity index (χ1) is 10.00. The molecule has 0 unspecified atom stereocenters. The molecule has 0 bridgehead atoms. The summed E-state index contributed by atoms with van der Waals surface area (Å²) in [5.74, 6) is 1.15. The van der Waals surface area contributed by atoms with Crippen molar-refractivity contribution in [2.45, 2.75) is 52.9 Å². The highest BCUT2D eigenvalue weighted by Crippen LogP contribution is 2.32. The van der Waals surface area contributed by atoms with E-state index >= 15 is 0 Å². The molecule has 0 saturated carbocycles.